The molecule has 0 heterocycles. The third-order valence-corrected chi connectivity index (χ3v) is 2.77. The summed E-state index contributed by atoms with van der Waals surface area (Å²) in [7, 11) is 0. The number of nitrogens with zero attached hydrogens (tertiary/aromatic N) is 2. The molecule has 1 aliphatic rings. The Labute approximate surface area is 87.1 Å². The molecule has 0 bridgehead atoms. The fourth-order valence-electron chi connectivity index (χ4n) is 1.72. The van der Waals surface area contributed by atoms with E-state index in [4.69, 9.17) is 4.84 Å². The van der Waals surface area contributed by atoms with Gasteiger partial charge in [0.25, 0.3) is 0 Å². The van der Waals surface area contributed by atoms with Crippen LogP contribution < -0.4 is 0 Å². The third-order valence-electron chi connectivity index (χ3n) is 2.77. The van der Waals surface area contributed by atoms with Crippen LogP contribution in [-0.4, -0.2) is 36.9 Å². The summed E-state index contributed by atoms with van der Waals surface area (Å²) in [6.45, 7) is 8.25. The zero-order valence-electron chi connectivity index (χ0n) is 9.46. The number of hydrogen-bond acceptors (Lipinski definition) is 3. The Bertz CT molecular complexity index is 168. The summed E-state index contributed by atoms with van der Waals surface area (Å²) >= 11 is 0. The Morgan fingerprint density at radius 2 is 1.86 bits per heavy atom. The van der Waals surface area contributed by atoms with Gasteiger partial charge in [-0.1, -0.05) is 19.0 Å². The smallest absolute Gasteiger partial charge is 0.129 e. The van der Waals surface area contributed by atoms with E-state index in [1.165, 1.54) is 18.6 Å². The standard InChI is InChI=1S/C11H22N2O/c1-3-13(4-2)9-10-14-12-11-7-5-6-8-11/h3-10H2,1-2H3. The van der Waals surface area contributed by atoms with Crippen molar-refractivity contribution in [2.24, 2.45) is 5.16 Å². The Hall–Kier alpha value is -0.570. The molecule has 1 fully saturated rings. The third kappa shape index (κ3) is 4.09. The van der Waals surface area contributed by atoms with Crippen molar-refractivity contribution in [3.8, 4) is 0 Å². The van der Waals surface area contributed by atoms with Gasteiger partial charge in [0.1, 0.15) is 6.61 Å². The molecule has 3 heteroatoms. The molecule has 0 aromatic rings. The van der Waals surface area contributed by atoms with Gasteiger partial charge >= 0.3 is 0 Å². The molecular weight excluding hydrogens is 176 g/mol. The molecule has 3 nitrogen and oxygen atoms in total. The quantitative estimate of drug-likeness (QED) is 0.483. The summed E-state index contributed by atoms with van der Waals surface area (Å²) in [6.07, 6.45) is 4.87. The Balaban J connectivity index is 2.05. The van der Waals surface area contributed by atoms with Crippen LogP contribution in [0.25, 0.3) is 0 Å². The second-order valence-electron chi connectivity index (χ2n) is 3.72. The van der Waals surface area contributed by atoms with Crippen molar-refractivity contribution in [2.45, 2.75) is 39.5 Å². The van der Waals surface area contributed by atoms with E-state index in [9.17, 15) is 0 Å². The highest BCUT2D eigenvalue weighted by Crippen LogP contribution is 2.14. The lowest BCUT2D eigenvalue weighted by Gasteiger charge is -2.16. The lowest BCUT2D eigenvalue weighted by molar-refractivity contribution is 0.113. The zero-order valence-corrected chi connectivity index (χ0v) is 9.46. The molecule has 82 valence electrons. The van der Waals surface area contributed by atoms with Gasteiger partial charge in [0, 0.05) is 6.54 Å². The summed E-state index contributed by atoms with van der Waals surface area (Å²) < 4.78 is 0. The van der Waals surface area contributed by atoms with Crippen LogP contribution in [-0.2, 0) is 4.84 Å². The minimum absolute atomic E-state index is 0.727. The molecule has 0 atom stereocenters. The van der Waals surface area contributed by atoms with E-state index < -0.39 is 0 Å². The van der Waals surface area contributed by atoms with E-state index in [-0.39, 0.29) is 0 Å². The average Bonchev–Trinajstić information content (AvgIpc) is 2.71. The predicted octanol–water partition coefficient (Wildman–Crippen LogP) is 2.27. The lowest BCUT2D eigenvalue weighted by atomic mass is 10.3. The maximum absolute atomic E-state index is 5.30. The second-order valence-corrected chi connectivity index (χ2v) is 3.72. The van der Waals surface area contributed by atoms with Crippen molar-refractivity contribution >= 4 is 5.71 Å². The second kappa shape index (κ2) is 6.82. The van der Waals surface area contributed by atoms with Gasteiger partial charge in [-0.3, -0.25) is 0 Å². The molecule has 0 saturated heterocycles. The first-order chi connectivity index (χ1) is 6.86. The number of rotatable bonds is 6. The summed E-state index contributed by atoms with van der Waals surface area (Å²) in [6, 6.07) is 0. The molecule has 0 aromatic carbocycles. The van der Waals surface area contributed by atoms with Crippen LogP contribution in [0.1, 0.15) is 39.5 Å². The first-order valence-corrected chi connectivity index (χ1v) is 5.76. The summed E-state index contributed by atoms with van der Waals surface area (Å²) in [5.74, 6) is 0. The minimum atomic E-state index is 0.727. The van der Waals surface area contributed by atoms with E-state index in [1.807, 2.05) is 0 Å². The fourth-order valence-corrected chi connectivity index (χ4v) is 1.72. The molecular formula is C11H22N2O. The molecule has 14 heavy (non-hydrogen) atoms. The van der Waals surface area contributed by atoms with Crippen LogP contribution >= 0.6 is 0 Å². The van der Waals surface area contributed by atoms with Crippen LogP contribution in [0.15, 0.2) is 5.16 Å². The molecule has 0 aliphatic heterocycles. The minimum Gasteiger partial charge on any atom is -0.394 e. The molecule has 1 rings (SSSR count). The lowest BCUT2D eigenvalue weighted by Crippen LogP contribution is -2.26. The molecule has 1 aliphatic carbocycles. The number of likely N-dealkylation sites (N-methyl/N-ethyl adjacent to an activating group) is 1. The van der Waals surface area contributed by atoms with E-state index in [0.29, 0.717) is 0 Å². The van der Waals surface area contributed by atoms with Gasteiger partial charge in [-0.05, 0) is 38.8 Å². The van der Waals surface area contributed by atoms with Crippen molar-refractivity contribution in [3.63, 3.8) is 0 Å². The highest BCUT2D eigenvalue weighted by Gasteiger charge is 2.08. The largest absolute Gasteiger partial charge is 0.394 e. The SMILES string of the molecule is CCN(CC)CCON=C1CCCC1. The summed E-state index contributed by atoms with van der Waals surface area (Å²) in [5.41, 5.74) is 1.25. The van der Waals surface area contributed by atoms with E-state index >= 15 is 0 Å². The van der Waals surface area contributed by atoms with E-state index in [1.54, 1.807) is 0 Å². The predicted molar refractivity (Wildman–Crippen MR) is 59.6 cm³/mol. The summed E-state index contributed by atoms with van der Waals surface area (Å²) in [5, 5.41) is 4.15. The molecule has 0 radical (unpaired) electrons. The fraction of sp³-hybridized carbons (Fsp3) is 0.909. The van der Waals surface area contributed by atoms with E-state index in [0.717, 1.165) is 39.1 Å². The van der Waals surface area contributed by atoms with Crippen LogP contribution in [0.4, 0.5) is 0 Å². The van der Waals surface area contributed by atoms with Crippen molar-refractivity contribution in [3.05, 3.63) is 0 Å². The van der Waals surface area contributed by atoms with Crippen LogP contribution in [0.3, 0.4) is 0 Å². The van der Waals surface area contributed by atoms with Crippen LogP contribution in [0, 0.1) is 0 Å². The average molecular weight is 198 g/mol. The number of oxime groups is 1. The van der Waals surface area contributed by atoms with Crippen molar-refractivity contribution in [2.75, 3.05) is 26.2 Å². The normalized spacial score (nSPS) is 16.4. The molecule has 0 spiro atoms. The van der Waals surface area contributed by atoms with Gasteiger partial charge in [-0.2, -0.15) is 0 Å². The maximum Gasteiger partial charge on any atom is 0.129 e. The van der Waals surface area contributed by atoms with Gasteiger partial charge < -0.3 is 9.74 Å². The maximum atomic E-state index is 5.30. The van der Waals surface area contributed by atoms with Gasteiger partial charge in [-0.25, -0.2) is 0 Å². The summed E-state index contributed by atoms with van der Waals surface area (Å²) in [4.78, 5) is 7.64. The Morgan fingerprint density at radius 3 is 2.43 bits per heavy atom. The molecule has 1 saturated carbocycles. The first kappa shape index (κ1) is 11.5. The zero-order chi connectivity index (χ0) is 10.2. The van der Waals surface area contributed by atoms with Crippen LogP contribution in [0.2, 0.25) is 0 Å². The molecule has 0 unspecified atom stereocenters. The van der Waals surface area contributed by atoms with Crippen molar-refractivity contribution < 1.29 is 4.84 Å². The van der Waals surface area contributed by atoms with Gasteiger partial charge in [0.2, 0.25) is 0 Å². The first-order valence-electron chi connectivity index (χ1n) is 5.76. The molecule has 0 aromatic heterocycles. The van der Waals surface area contributed by atoms with Gasteiger partial charge in [0.15, 0.2) is 0 Å². The van der Waals surface area contributed by atoms with Gasteiger partial charge in [0.05, 0.1) is 5.71 Å². The molecule has 0 N–H and O–H groups in total. The highest BCUT2D eigenvalue weighted by molar-refractivity contribution is 5.85. The van der Waals surface area contributed by atoms with Crippen molar-refractivity contribution in [1.29, 1.82) is 0 Å². The van der Waals surface area contributed by atoms with Crippen molar-refractivity contribution in [1.82, 2.24) is 4.90 Å². The van der Waals surface area contributed by atoms with E-state index in [2.05, 4.69) is 23.9 Å². The highest BCUT2D eigenvalue weighted by atomic mass is 16.6. The molecule has 0 amide bonds. The van der Waals surface area contributed by atoms with Gasteiger partial charge in [-0.15, -0.1) is 0 Å². The number of hydrogen-bond donors (Lipinski definition) is 0. The Morgan fingerprint density at radius 1 is 1.21 bits per heavy atom. The Kier molecular flexibility index (Phi) is 5.60. The topological polar surface area (TPSA) is 24.8 Å². The monoisotopic (exact) mass is 198 g/mol. The van der Waals surface area contributed by atoms with Crippen LogP contribution in [0.5, 0.6) is 0 Å².